The number of unbranched alkanes of at least 4 members (excludes halogenated alkanes) is 1. The predicted octanol–water partition coefficient (Wildman–Crippen LogP) is 5.89. The molecule has 5 aromatic rings. The molecule has 0 fully saturated rings. The first kappa shape index (κ1) is 28.6. The van der Waals surface area contributed by atoms with Crippen LogP contribution in [-0.4, -0.2) is 42.8 Å². The van der Waals surface area contributed by atoms with Gasteiger partial charge in [-0.25, -0.2) is 9.78 Å². The van der Waals surface area contributed by atoms with E-state index in [0.29, 0.717) is 47.6 Å². The van der Waals surface area contributed by atoms with Gasteiger partial charge >= 0.3 is 5.97 Å². The summed E-state index contributed by atoms with van der Waals surface area (Å²) in [6.07, 6.45) is 3.16. The van der Waals surface area contributed by atoms with Crippen LogP contribution in [0.25, 0.3) is 33.6 Å². The van der Waals surface area contributed by atoms with Crippen LogP contribution in [0, 0.1) is 0 Å². The first-order valence-electron chi connectivity index (χ1n) is 14.4. The van der Waals surface area contributed by atoms with Crippen LogP contribution < -0.4 is 5.56 Å². The third-order valence-electron chi connectivity index (χ3n) is 7.22. The van der Waals surface area contributed by atoms with E-state index in [0.717, 1.165) is 40.9 Å². The molecule has 2 heterocycles. The number of esters is 1. The van der Waals surface area contributed by atoms with E-state index in [2.05, 4.69) is 27.5 Å². The van der Waals surface area contributed by atoms with E-state index in [1.54, 1.807) is 29.7 Å². The summed E-state index contributed by atoms with van der Waals surface area (Å²) in [4.78, 5) is 32.1. The van der Waals surface area contributed by atoms with Crippen molar-refractivity contribution in [2.75, 3.05) is 6.61 Å². The summed E-state index contributed by atoms with van der Waals surface area (Å²) in [5.74, 6) is 0.829. The van der Waals surface area contributed by atoms with Crippen molar-refractivity contribution in [2.45, 2.75) is 53.0 Å². The van der Waals surface area contributed by atoms with Gasteiger partial charge in [-0.3, -0.25) is 9.36 Å². The molecule has 1 N–H and O–H groups in total. The smallest absolute Gasteiger partial charge is 0.338 e. The van der Waals surface area contributed by atoms with E-state index in [4.69, 9.17) is 9.72 Å². The van der Waals surface area contributed by atoms with Crippen molar-refractivity contribution in [1.29, 1.82) is 0 Å². The van der Waals surface area contributed by atoms with Crippen LogP contribution in [0.3, 0.4) is 0 Å². The molecule has 2 aromatic heterocycles. The number of nitrogens with one attached hydrogen (secondary N) is 1. The lowest BCUT2D eigenvalue weighted by Crippen LogP contribution is -2.29. The zero-order valence-electron chi connectivity index (χ0n) is 24.1. The quantitative estimate of drug-likeness (QED) is 0.200. The zero-order valence-corrected chi connectivity index (χ0v) is 24.1. The van der Waals surface area contributed by atoms with Gasteiger partial charge in [0.05, 0.1) is 30.0 Å². The molecule has 0 aliphatic carbocycles. The second-order valence-corrected chi connectivity index (χ2v) is 9.94. The molecule has 42 heavy (non-hydrogen) atoms. The molecule has 9 nitrogen and oxygen atoms in total. The fraction of sp³-hybridized carbons (Fsp3) is 0.273. The van der Waals surface area contributed by atoms with Crippen molar-refractivity contribution in [1.82, 2.24) is 30.2 Å². The number of H-pyrrole nitrogens is 1. The minimum absolute atomic E-state index is 0.156. The molecule has 5 rings (SSSR count). The van der Waals surface area contributed by atoms with Gasteiger partial charge in [-0.2, -0.15) is 5.21 Å². The average Bonchev–Trinajstić information content (AvgIpc) is 3.57. The van der Waals surface area contributed by atoms with Gasteiger partial charge in [0.25, 0.3) is 5.56 Å². The maximum Gasteiger partial charge on any atom is 0.338 e. The van der Waals surface area contributed by atoms with Crippen LogP contribution >= 0.6 is 0 Å². The van der Waals surface area contributed by atoms with Crippen LogP contribution in [0.2, 0.25) is 0 Å². The fourth-order valence-electron chi connectivity index (χ4n) is 5.13. The van der Waals surface area contributed by atoms with Crippen molar-refractivity contribution < 1.29 is 9.53 Å². The number of carbonyl (C=O) groups is 1. The number of benzene rings is 3. The Labute approximate surface area is 244 Å². The minimum Gasteiger partial charge on any atom is -0.462 e. The lowest BCUT2D eigenvalue weighted by Gasteiger charge is -2.18. The number of nitrogens with zero attached hydrogens (tertiary/aromatic N) is 5. The summed E-state index contributed by atoms with van der Waals surface area (Å²) in [7, 11) is 0. The van der Waals surface area contributed by atoms with E-state index in [9.17, 15) is 9.59 Å². The minimum atomic E-state index is -0.451. The molecule has 0 amide bonds. The van der Waals surface area contributed by atoms with Gasteiger partial charge in [0.15, 0.2) is 0 Å². The third-order valence-corrected chi connectivity index (χ3v) is 7.22. The SMILES string of the molecule is CCCCc1nc(CC)c(-c2ccccc2C(=O)OCC)c(=O)n1Cc1ccc(-c2ccccc2-c2nn[nH]n2)cc1. The summed E-state index contributed by atoms with van der Waals surface area (Å²) in [5, 5.41) is 14.5. The van der Waals surface area contributed by atoms with Crippen LogP contribution in [-0.2, 0) is 24.1 Å². The largest absolute Gasteiger partial charge is 0.462 e. The molecule has 0 radical (unpaired) electrons. The van der Waals surface area contributed by atoms with Crippen LogP contribution in [0.15, 0.2) is 77.6 Å². The monoisotopic (exact) mass is 562 g/mol. The van der Waals surface area contributed by atoms with Gasteiger partial charge in [-0.15, -0.1) is 10.2 Å². The molecule has 0 spiro atoms. The molecular formula is C33H34N6O3. The number of rotatable bonds is 11. The summed E-state index contributed by atoms with van der Waals surface area (Å²) in [5.41, 5.74) is 5.72. The molecule has 0 aliphatic heterocycles. The predicted molar refractivity (Wildman–Crippen MR) is 162 cm³/mol. The Hall–Kier alpha value is -4.92. The van der Waals surface area contributed by atoms with Gasteiger partial charge in [0.2, 0.25) is 5.82 Å². The van der Waals surface area contributed by atoms with Gasteiger partial charge in [0.1, 0.15) is 5.82 Å². The molecule has 214 valence electrons. The van der Waals surface area contributed by atoms with Crippen molar-refractivity contribution in [2.24, 2.45) is 0 Å². The highest BCUT2D eigenvalue weighted by atomic mass is 16.5. The van der Waals surface area contributed by atoms with Gasteiger partial charge in [-0.1, -0.05) is 87.0 Å². The van der Waals surface area contributed by atoms with Crippen LogP contribution in [0.1, 0.15) is 61.1 Å². The second kappa shape index (κ2) is 13.2. The Balaban J connectivity index is 1.57. The Morgan fingerprint density at radius 1 is 0.905 bits per heavy atom. The Morgan fingerprint density at radius 3 is 2.29 bits per heavy atom. The van der Waals surface area contributed by atoms with Crippen molar-refractivity contribution >= 4 is 5.97 Å². The summed E-state index contributed by atoms with van der Waals surface area (Å²) >= 11 is 0. The topological polar surface area (TPSA) is 116 Å². The van der Waals surface area contributed by atoms with E-state index in [-0.39, 0.29) is 12.2 Å². The zero-order chi connectivity index (χ0) is 29.5. The number of tetrazole rings is 1. The maximum atomic E-state index is 14.3. The first-order chi connectivity index (χ1) is 20.5. The van der Waals surface area contributed by atoms with Gasteiger partial charge in [0, 0.05) is 17.5 Å². The number of hydrogen-bond donors (Lipinski definition) is 1. The fourth-order valence-corrected chi connectivity index (χ4v) is 5.13. The van der Waals surface area contributed by atoms with E-state index < -0.39 is 5.97 Å². The number of aromatic amines is 1. The lowest BCUT2D eigenvalue weighted by molar-refractivity contribution is 0.0527. The first-order valence-corrected chi connectivity index (χ1v) is 14.4. The van der Waals surface area contributed by atoms with Crippen molar-refractivity contribution in [3.63, 3.8) is 0 Å². The number of aromatic nitrogens is 6. The number of carbonyl (C=O) groups excluding carboxylic acids is 1. The second-order valence-electron chi connectivity index (χ2n) is 9.94. The molecule has 3 aromatic carbocycles. The standard InChI is InChI=1S/C33H34N6O3/c1-4-7-16-29-34-28(5-2)30(25-13-9-11-15-27(25)33(41)42-6-3)32(40)39(29)21-22-17-19-23(20-18-22)24-12-8-10-14-26(24)31-35-37-38-36-31/h8-15,17-20H,4-7,16,21H2,1-3H3,(H,35,36,37,38). The summed E-state index contributed by atoms with van der Waals surface area (Å²) in [6.45, 7) is 6.48. The highest BCUT2D eigenvalue weighted by molar-refractivity contribution is 5.97. The van der Waals surface area contributed by atoms with E-state index >= 15 is 0 Å². The van der Waals surface area contributed by atoms with Crippen molar-refractivity contribution in [3.8, 4) is 33.6 Å². The molecule has 9 heteroatoms. The van der Waals surface area contributed by atoms with Crippen LogP contribution in [0.5, 0.6) is 0 Å². The van der Waals surface area contributed by atoms with E-state index in [1.807, 2.05) is 61.5 Å². The molecule has 0 unspecified atom stereocenters. The Bertz CT molecular complexity index is 1730. The Kier molecular flexibility index (Phi) is 8.96. The van der Waals surface area contributed by atoms with Gasteiger partial charge in [-0.05, 0) is 47.7 Å². The average molecular weight is 563 g/mol. The molecular weight excluding hydrogens is 528 g/mol. The van der Waals surface area contributed by atoms with Gasteiger partial charge < -0.3 is 4.74 Å². The van der Waals surface area contributed by atoms with E-state index in [1.165, 1.54) is 0 Å². The highest BCUT2D eigenvalue weighted by Crippen LogP contribution is 2.30. The molecule has 0 bridgehead atoms. The number of hydrogen-bond acceptors (Lipinski definition) is 7. The lowest BCUT2D eigenvalue weighted by atomic mass is 9.97. The Morgan fingerprint density at radius 2 is 1.62 bits per heavy atom. The molecule has 0 saturated heterocycles. The summed E-state index contributed by atoms with van der Waals surface area (Å²) < 4.78 is 7.06. The third kappa shape index (κ3) is 5.90. The van der Waals surface area contributed by atoms with Crippen LogP contribution in [0.4, 0.5) is 0 Å². The molecule has 0 atom stereocenters. The molecule has 0 aliphatic rings. The maximum absolute atomic E-state index is 14.3. The number of ether oxygens (including phenoxy) is 1. The molecule has 0 saturated carbocycles. The normalized spacial score (nSPS) is 11.0. The van der Waals surface area contributed by atoms with Crippen molar-refractivity contribution in [3.05, 3.63) is 106 Å². The highest BCUT2D eigenvalue weighted by Gasteiger charge is 2.22. The summed E-state index contributed by atoms with van der Waals surface area (Å²) in [6, 6.07) is 23.1. The number of aryl methyl sites for hydroxylation is 2.